The van der Waals surface area contributed by atoms with Gasteiger partial charge in [-0.15, -0.1) is 0 Å². The van der Waals surface area contributed by atoms with Gasteiger partial charge in [0.05, 0.1) is 23.7 Å². The second-order valence-electron chi connectivity index (χ2n) is 9.01. The molecule has 1 aliphatic rings. The van der Waals surface area contributed by atoms with Crippen LogP contribution in [0.15, 0.2) is 42.5 Å². The maximum Gasteiger partial charge on any atom is 0.137 e. The Balaban J connectivity index is 1.49. The average Bonchev–Trinajstić information content (AvgIpc) is 3.12. The van der Waals surface area contributed by atoms with E-state index >= 15 is 0 Å². The third-order valence-corrected chi connectivity index (χ3v) is 7.14. The van der Waals surface area contributed by atoms with E-state index < -0.39 is 0 Å². The van der Waals surface area contributed by atoms with E-state index in [9.17, 15) is 0 Å². The summed E-state index contributed by atoms with van der Waals surface area (Å²) in [6.45, 7) is 11.3. The Bertz CT molecular complexity index is 1260. The number of ether oxygens (including phenoxy) is 1. The number of hydrogen-bond donors (Lipinski definition) is 0. The van der Waals surface area contributed by atoms with Crippen LogP contribution in [0.3, 0.4) is 0 Å². The molecular weight excluding hydrogens is 420 g/mol. The Labute approximate surface area is 194 Å². The number of halogens is 1. The number of nitrogens with zero attached hydrogens (tertiary/aromatic N) is 4. The Morgan fingerprint density at radius 1 is 0.969 bits per heavy atom. The number of methoxy groups -OCH3 is 1. The van der Waals surface area contributed by atoms with Crippen LogP contribution in [0.2, 0.25) is 5.15 Å². The van der Waals surface area contributed by atoms with Crippen molar-refractivity contribution >= 4 is 44.3 Å². The molecule has 4 aromatic rings. The van der Waals surface area contributed by atoms with Gasteiger partial charge in [0.15, 0.2) is 0 Å². The van der Waals surface area contributed by atoms with Crippen molar-refractivity contribution in [2.45, 2.75) is 32.9 Å². The predicted octanol–water partition coefficient (Wildman–Crippen LogP) is 5.42. The van der Waals surface area contributed by atoms with Crippen LogP contribution in [-0.2, 0) is 6.54 Å². The van der Waals surface area contributed by atoms with E-state index in [2.05, 4.69) is 58.5 Å². The Morgan fingerprint density at radius 2 is 1.72 bits per heavy atom. The maximum absolute atomic E-state index is 6.60. The predicted molar refractivity (Wildman–Crippen MR) is 134 cm³/mol. The summed E-state index contributed by atoms with van der Waals surface area (Å²) in [5.74, 6) is 0.839. The molecule has 0 aliphatic carbocycles. The molecule has 0 bridgehead atoms. The minimum Gasteiger partial charge on any atom is -0.497 e. The van der Waals surface area contributed by atoms with Crippen LogP contribution in [0.25, 0.3) is 32.7 Å². The molecule has 2 aromatic heterocycles. The first-order chi connectivity index (χ1) is 15.6. The molecule has 0 atom stereocenters. The lowest BCUT2D eigenvalue weighted by atomic mass is 10.1. The molecule has 3 heterocycles. The van der Waals surface area contributed by atoms with Gasteiger partial charge in [-0.25, -0.2) is 4.98 Å². The summed E-state index contributed by atoms with van der Waals surface area (Å²) in [4.78, 5) is 9.99. The van der Waals surface area contributed by atoms with Gasteiger partial charge in [0.1, 0.15) is 10.9 Å². The van der Waals surface area contributed by atoms with Crippen LogP contribution in [0, 0.1) is 0 Å². The number of hydrogen-bond acceptors (Lipinski definition) is 4. The number of fused-ring (bicyclic) bond motifs is 5. The number of benzene rings is 2. The summed E-state index contributed by atoms with van der Waals surface area (Å²) in [5.41, 5.74) is 3.30. The molecule has 0 saturated carbocycles. The first kappa shape index (κ1) is 21.5. The van der Waals surface area contributed by atoms with Gasteiger partial charge in [-0.05, 0) is 45.0 Å². The minimum atomic E-state index is 0.554. The number of piperazine rings is 1. The number of pyridine rings is 1. The van der Waals surface area contributed by atoms with Crippen molar-refractivity contribution < 1.29 is 4.74 Å². The normalized spacial score (nSPS) is 16.0. The number of aromatic nitrogens is 2. The summed E-state index contributed by atoms with van der Waals surface area (Å²) < 4.78 is 7.93. The molecule has 5 rings (SSSR count). The van der Waals surface area contributed by atoms with Gasteiger partial charge in [-0.3, -0.25) is 4.90 Å². The van der Waals surface area contributed by atoms with Crippen molar-refractivity contribution in [2.75, 3.05) is 39.8 Å². The molecule has 5 nitrogen and oxygen atoms in total. The molecule has 0 unspecified atom stereocenters. The Kier molecular flexibility index (Phi) is 5.97. The minimum absolute atomic E-state index is 0.554. The molecular formula is C26H31ClN4O. The van der Waals surface area contributed by atoms with E-state index in [1.807, 2.05) is 12.1 Å². The Morgan fingerprint density at radius 3 is 2.44 bits per heavy atom. The fraction of sp³-hybridized carbons (Fsp3) is 0.423. The summed E-state index contributed by atoms with van der Waals surface area (Å²) in [6.07, 6.45) is 1.10. The Hall–Kier alpha value is -2.34. The molecule has 0 spiro atoms. The monoisotopic (exact) mass is 450 g/mol. The molecule has 168 valence electrons. The van der Waals surface area contributed by atoms with E-state index in [-0.39, 0.29) is 0 Å². The highest BCUT2D eigenvalue weighted by molar-refractivity contribution is 6.36. The highest BCUT2D eigenvalue weighted by atomic mass is 35.5. The number of aryl methyl sites for hydroxylation is 1. The van der Waals surface area contributed by atoms with Crippen LogP contribution in [0.4, 0.5) is 0 Å². The summed E-state index contributed by atoms with van der Waals surface area (Å²) in [5, 5.41) is 3.81. The van der Waals surface area contributed by atoms with E-state index in [4.69, 9.17) is 21.3 Å². The molecule has 2 aromatic carbocycles. The third-order valence-electron chi connectivity index (χ3n) is 6.85. The largest absolute Gasteiger partial charge is 0.497 e. The van der Waals surface area contributed by atoms with Gasteiger partial charge < -0.3 is 14.2 Å². The van der Waals surface area contributed by atoms with Gasteiger partial charge in [0, 0.05) is 54.9 Å². The molecule has 1 fully saturated rings. The lowest BCUT2D eigenvalue weighted by molar-refractivity contribution is 0.107. The van der Waals surface area contributed by atoms with Crippen LogP contribution < -0.4 is 4.74 Å². The number of rotatable bonds is 6. The first-order valence-corrected chi connectivity index (χ1v) is 11.9. The molecule has 32 heavy (non-hydrogen) atoms. The van der Waals surface area contributed by atoms with E-state index in [1.54, 1.807) is 7.11 Å². The first-order valence-electron chi connectivity index (χ1n) is 11.6. The van der Waals surface area contributed by atoms with E-state index in [0.717, 1.165) is 65.5 Å². The summed E-state index contributed by atoms with van der Waals surface area (Å²) >= 11 is 6.60. The summed E-state index contributed by atoms with van der Waals surface area (Å²) in [6, 6.07) is 15.2. The lowest BCUT2D eigenvalue weighted by Crippen LogP contribution is -2.49. The topological polar surface area (TPSA) is 33.5 Å². The zero-order valence-corrected chi connectivity index (χ0v) is 19.9. The van der Waals surface area contributed by atoms with E-state index in [0.29, 0.717) is 11.2 Å². The van der Waals surface area contributed by atoms with Crippen molar-refractivity contribution in [3.8, 4) is 5.75 Å². The van der Waals surface area contributed by atoms with Crippen molar-refractivity contribution in [2.24, 2.45) is 0 Å². The second kappa shape index (κ2) is 8.89. The maximum atomic E-state index is 6.60. The zero-order valence-electron chi connectivity index (χ0n) is 19.1. The van der Waals surface area contributed by atoms with Crippen molar-refractivity contribution in [3.05, 3.63) is 47.6 Å². The van der Waals surface area contributed by atoms with Crippen LogP contribution >= 0.6 is 11.6 Å². The molecule has 0 N–H and O–H groups in total. The smallest absolute Gasteiger partial charge is 0.137 e. The highest BCUT2D eigenvalue weighted by Crippen LogP contribution is 2.37. The standard InChI is InChI=1S/C26H31ClN4O/c1-18(2)30-15-13-29(14-16-30)11-6-12-31-23-10-9-19(32-3)17-22(23)24-25(31)20-7-4-5-8-21(20)26(27)28-24/h4-5,7-10,17-18H,6,11-16H2,1-3H3. The molecule has 0 radical (unpaired) electrons. The molecule has 1 aliphatic heterocycles. The van der Waals surface area contributed by atoms with Gasteiger partial charge in [-0.2, -0.15) is 0 Å². The van der Waals surface area contributed by atoms with Gasteiger partial charge in [0.2, 0.25) is 0 Å². The highest BCUT2D eigenvalue weighted by Gasteiger charge is 2.20. The van der Waals surface area contributed by atoms with Crippen molar-refractivity contribution in [1.29, 1.82) is 0 Å². The van der Waals surface area contributed by atoms with Crippen LogP contribution in [-0.4, -0.2) is 65.2 Å². The van der Waals surface area contributed by atoms with Crippen molar-refractivity contribution in [1.82, 2.24) is 19.4 Å². The third kappa shape index (κ3) is 3.83. The SMILES string of the molecule is COc1ccc2c(c1)c1nc(Cl)c3ccccc3c1n2CCCN1CCN(C(C)C)CC1. The fourth-order valence-corrected chi connectivity index (χ4v) is 5.29. The summed E-state index contributed by atoms with van der Waals surface area (Å²) in [7, 11) is 1.70. The molecule has 0 amide bonds. The van der Waals surface area contributed by atoms with Crippen LogP contribution in [0.5, 0.6) is 5.75 Å². The zero-order chi connectivity index (χ0) is 22.2. The quantitative estimate of drug-likeness (QED) is 0.367. The van der Waals surface area contributed by atoms with Gasteiger partial charge in [-0.1, -0.05) is 35.9 Å². The average molecular weight is 451 g/mol. The second-order valence-corrected chi connectivity index (χ2v) is 9.36. The van der Waals surface area contributed by atoms with Crippen LogP contribution in [0.1, 0.15) is 20.3 Å². The molecule has 6 heteroatoms. The van der Waals surface area contributed by atoms with Gasteiger partial charge in [0.25, 0.3) is 0 Å². The lowest BCUT2D eigenvalue weighted by Gasteiger charge is -2.36. The fourth-order valence-electron chi connectivity index (χ4n) is 5.05. The van der Waals surface area contributed by atoms with E-state index in [1.165, 1.54) is 18.6 Å². The van der Waals surface area contributed by atoms with Crippen molar-refractivity contribution in [3.63, 3.8) is 0 Å². The van der Waals surface area contributed by atoms with Gasteiger partial charge >= 0.3 is 0 Å². The molecule has 1 saturated heterocycles.